The number of carbonyl (C=O) groups excluding carboxylic acids is 2. The van der Waals surface area contributed by atoms with Crippen LogP contribution in [0.4, 0.5) is 0 Å². The van der Waals surface area contributed by atoms with Gasteiger partial charge in [-0.05, 0) is 30.9 Å². The molecule has 8 nitrogen and oxygen atoms in total. The lowest BCUT2D eigenvalue weighted by atomic mass is 10.1. The number of carbonyl (C=O) groups is 2. The van der Waals surface area contributed by atoms with E-state index < -0.39 is 15.6 Å². The van der Waals surface area contributed by atoms with Gasteiger partial charge in [0.2, 0.25) is 15.9 Å². The molecule has 1 aromatic heterocycles. The highest BCUT2D eigenvalue weighted by atomic mass is 32.2. The van der Waals surface area contributed by atoms with Crippen LogP contribution in [0.3, 0.4) is 0 Å². The number of aromatic nitrogens is 1. The third kappa shape index (κ3) is 5.22. The highest BCUT2D eigenvalue weighted by Crippen LogP contribution is 2.19. The summed E-state index contributed by atoms with van der Waals surface area (Å²) in [4.78, 5) is 35.7. The largest absolute Gasteiger partial charge is 0.356 e. The summed E-state index contributed by atoms with van der Waals surface area (Å²) in [5, 5.41) is 2.71. The third-order valence-electron chi connectivity index (χ3n) is 5.04. The number of rotatable bonds is 8. The number of hydrogen-bond acceptors (Lipinski definition) is 5. The minimum absolute atomic E-state index is 0.0186. The van der Waals surface area contributed by atoms with E-state index in [0.717, 1.165) is 23.0 Å². The average Bonchev–Trinajstić information content (AvgIpc) is 3.25. The average molecular weight is 432 g/mol. The first-order chi connectivity index (χ1) is 14.3. The molecule has 3 rings (SSSR count). The number of ketones is 1. The lowest BCUT2D eigenvalue weighted by molar-refractivity contribution is -0.118. The zero-order valence-corrected chi connectivity index (χ0v) is 17.7. The SMILES string of the molecule is CC(=O)NCCc1ccc(C(=O)Cn2cc(S(=O)(=O)N3CCCC3)ccc2=O)cc1. The number of nitrogens with zero attached hydrogens (tertiary/aromatic N) is 2. The lowest BCUT2D eigenvalue weighted by Crippen LogP contribution is -2.30. The van der Waals surface area contributed by atoms with Crippen LogP contribution in [0.2, 0.25) is 0 Å². The van der Waals surface area contributed by atoms with Gasteiger partial charge in [0, 0.05) is 44.4 Å². The normalized spacial score (nSPS) is 14.6. The minimum atomic E-state index is -3.67. The van der Waals surface area contributed by atoms with Crippen molar-refractivity contribution >= 4 is 21.7 Å². The topological polar surface area (TPSA) is 106 Å². The number of benzene rings is 1. The molecular formula is C21H25N3O5S. The highest BCUT2D eigenvalue weighted by Gasteiger charge is 2.27. The van der Waals surface area contributed by atoms with Gasteiger partial charge in [-0.25, -0.2) is 8.42 Å². The Labute approximate surface area is 175 Å². The molecule has 0 saturated carbocycles. The van der Waals surface area contributed by atoms with Gasteiger partial charge in [0.15, 0.2) is 5.78 Å². The summed E-state index contributed by atoms with van der Waals surface area (Å²) in [5.74, 6) is -0.387. The van der Waals surface area contributed by atoms with Crippen LogP contribution in [-0.4, -0.2) is 48.6 Å². The minimum Gasteiger partial charge on any atom is -0.356 e. The van der Waals surface area contributed by atoms with Crippen molar-refractivity contribution in [3.8, 4) is 0 Å². The Bertz CT molecular complexity index is 1080. The molecule has 0 aliphatic carbocycles. The molecule has 0 atom stereocenters. The monoisotopic (exact) mass is 431 g/mol. The molecule has 1 aromatic carbocycles. The van der Waals surface area contributed by atoms with Crippen molar-refractivity contribution in [1.29, 1.82) is 0 Å². The maximum Gasteiger partial charge on any atom is 0.251 e. The van der Waals surface area contributed by atoms with Crippen molar-refractivity contribution in [2.75, 3.05) is 19.6 Å². The zero-order chi connectivity index (χ0) is 21.7. The van der Waals surface area contributed by atoms with Gasteiger partial charge in [-0.15, -0.1) is 0 Å². The summed E-state index contributed by atoms with van der Waals surface area (Å²) in [6.45, 7) is 2.65. The predicted molar refractivity (Wildman–Crippen MR) is 112 cm³/mol. The molecule has 1 aliphatic rings. The standard InChI is InChI=1S/C21H25N3O5S/c1-16(25)22-11-10-17-4-6-18(7-5-17)20(26)15-23-14-19(8-9-21(23)27)30(28,29)24-12-2-3-13-24/h4-9,14H,2-3,10-13,15H2,1H3,(H,22,25). The molecule has 30 heavy (non-hydrogen) atoms. The summed E-state index contributed by atoms with van der Waals surface area (Å²) < 4.78 is 28.0. The van der Waals surface area contributed by atoms with Crippen LogP contribution in [0, 0.1) is 0 Å². The third-order valence-corrected chi connectivity index (χ3v) is 6.92. The molecule has 1 aliphatic heterocycles. The second-order valence-electron chi connectivity index (χ2n) is 7.30. The summed E-state index contributed by atoms with van der Waals surface area (Å²) in [7, 11) is -3.67. The quantitative estimate of drug-likeness (QED) is 0.632. The van der Waals surface area contributed by atoms with Gasteiger partial charge < -0.3 is 9.88 Å². The van der Waals surface area contributed by atoms with Gasteiger partial charge in [-0.3, -0.25) is 14.4 Å². The Morgan fingerprint density at radius 3 is 2.33 bits per heavy atom. The second kappa shape index (κ2) is 9.36. The van der Waals surface area contributed by atoms with Crippen LogP contribution in [0.15, 0.2) is 52.3 Å². The van der Waals surface area contributed by atoms with E-state index in [-0.39, 0.29) is 23.1 Å². The maximum atomic E-state index is 12.7. The van der Waals surface area contributed by atoms with E-state index in [1.165, 1.54) is 29.6 Å². The van der Waals surface area contributed by atoms with E-state index >= 15 is 0 Å². The Balaban J connectivity index is 1.72. The van der Waals surface area contributed by atoms with Crippen molar-refractivity contribution in [3.05, 3.63) is 64.1 Å². The van der Waals surface area contributed by atoms with Gasteiger partial charge in [-0.2, -0.15) is 4.31 Å². The number of pyridine rings is 1. The van der Waals surface area contributed by atoms with Crippen molar-refractivity contribution in [1.82, 2.24) is 14.2 Å². The molecule has 2 aromatic rings. The Morgan fingerprint density at radius 2 is 1.70 bits per heavy atom. The molecule has 1 saturated heterocycles. The smallest absolute Gasteiger partial charge is 0.251 e. The van der Waals surface area contributed by atoms with Gasteiger partial charge in [-0.1, -0.05) is 24.3 Å². The first-order valence-electron chi connectivity index (χ1n) is 9.84. The predicted octanol–water partition coefficient (Wildman–Crippen LogP) is 1.19. The number of amides is 1. The molecular weight excluding hydrogens is 406 g/mol. The summed E-state index contributed by atoms with van der Waals surface area (Å²) in [6, 6.07) is 9.41. The van der Waals surface area contributed by atoms with E-state index in [0.29, 0.717) is 31.6 Å². The Kier molecular flexibility index (Phi) is 6.84. The van der Waals surface area contributed by atoms with E-state index in [4.69, 9.17) is 0 Å². The molecule has 1 fully saturated rings. The zero-order valence-electron chi connectivity index (χ0n) is 16.8. The van der Waals surface area contributed by atoms with Gasteiger partial charge >= 0.3 is 0 Å². The van der Waals surface area contributed by atoms with Crippen LogP contribution >= 0.6 is 0 Å². The van der Waals surface area contributed by atoms with E-state index in [9.17, 15) is 22.8 Å². The fourth-order valence-electron chi connectivity index (χ4n) is 3.35. The van der Waals surface area contributed by atoms with Crippen LogP contribution < -0.4 is 10.9 Å². The maximum absolute atomic E-state index is 12.7. The molecule has 0 spiro atoms. The molecule has 2 heterocycles. The number of nitrogens with one attached hydrogen (secondary N) is 1. The van der Waals surface area contributed by atoms with Gasteiger partial charge in [0.25, 0.3) is 5.56 Å². The Hall–Kier alpha value is -2.78. The molecule has 0 unspecified atom stereocenters. The van der Waals surface area contributed by atoms with Crippen molar-refractivity contribution in [2.45, 2.75) is 37.6 Å². The van der Waals surface area contributed by atoms with Crippen LogP contribution in [-0.2, 0) is 27.8 Å². The number of hydrogen-bond donors (Lipinski definition) is 1. The highest BCUT2D eigenvalue weighted by molar-refractivity contribution is 7.89. The molecule has 0 bridgehead atoms. The molecule has 0 radical (unpaired) electrons. The molecule has 9 heteroatoms. The molecule has 160 valence electrons. The first kappa shape index (κ1) is 21.9. The van der Waals surface area contributed by atoms with Crippen LogP contribution in [0.5, 0.6) is 0 Å². The van der Waals surface area contributed by atoms with Gasteiger partial charge in [0.1, 0.15) is 0 Å². The van der Waals surface area contributed by atoms with E-state index in [1.807, 2.05) is 0 Å². The summed E-state index contributed by atoms with van der Waals surface area (Å²) >= 11 is 0. The summed E-state index contributed by atoms with van der Waals surface area (Å²) in [6.07, 6.45) is 3.52. The lowest BCUT2D eigenvalue weighted by Gasteiger charge is -2.16. The fraction of sp³-hybridized carbons (Fsp3) is 0.381. The van der Waals surface area contributed by atoms with E-state index in [2.05, 4.69) is 5.32 Å². The molecule has 1 N–H and O–H groups in total. The number of Topliss-reactive ketones (excluding diaryl/α,β-unsaturated/α-hetero) is 1. The molecule has 1 amide bonds. The second-order valence-corrected chi connectivity index (χ2v) is 9.23. The van der Waals surface area contributed by atoms with Crippen LogP contribution in [0.1, 0.15) is 35.7 Å². The van der Waals surface area contributed by atoms with E-state index in [1.54, 1.807) is 24.3 Å². The van der Waals surface area contributed by atoms with Crippen LogP contribution in [0.25, 0.3) is 0 Å². The van der Waals surface area contributed by atoms with Crippen molar-refractivity contribution in [3.63, 3.8) is 0 Å². The van der Waals surface area contributed by atoms with Crippen molar-refractivity contribution in [2.24, 2.45) is 0 Å². The number of sulfonamides is 1. The Morgan fingerprint density at radius 1 is 1.03 bits per heavy atom. The van der Waals surface area contributed by atoms with Gasteiger partial charge in [0.05, 0.1) is 11.4 Å². The van der Waals surface area contributed by atoms with Crippen molar-refractivity contribution < 1.29 is 18.0 Å². The summed E-state index contributed by atoms with van der Waals surface area (Å²) in [5.41, 5.74) is 0.963. The first-order valence-corrected chi connectivity index (χ1v) is 11.3. The fourth-order valence-corrected chi connectivity index (χ4v) is 4.89.